The molecule has 0 heterocycles. The monoisotopic (exact) mass is 254 g/mol. The molecule has 0 aromatic heterocycles. The van der Waals surface area contributed by atoms with Gasteiger partial charge in [0, 0.05) is 0 Å². The summed E-state index contributed by atoms with van der Waals surface area (Å²) in [5.41, 5.74) is 1.11. The highest BCUT2D eigenvalue weighted by Crippen LogP contribution is 2.17. The van der Waals surface area contributed by atoms with Gasteiger partial charge in [0.1, 0.15) is 5.75 Å². The Balaban J connectivity index is 2.19. The van der Waals surface area contributed by atoms with Gasteiger partial charge in [-0.15, -0.1) is 0 Å². The Morgan fingerprint density at radius 3 is 2.11 bits per heavy atom. The summed E-state index contributed by atoms with van der Waals surface area (Å²) in [6, 6.07) is 18.5. The van der Waals surface area contributed by atoms with Crippen LogP contribution in [0.5, 0.6) is 5.75 Å². The van der Waals surface area contributed by atoms with E-state index < -0.39 is 8.32 Å². The van der Waals surface area contributed by atoms with E-state index in [4.69, 9.17) is 4.43 Å². The van der Waals surface area contributed by atoms with Crippen LogP contribution in [0.2, 0.25) is 13.1 Å². The Bertz CT molecular complexity index is 515. The van der Waals surface area contributed by atoms with Gasteiger partial charge in [0.05, 0.1) is 0 Å². The molecule has 0 saturated heterocycles. The summed E-state index contributed by atoms with van der Waals surface area (Å²) in [4.78, 5) is 0. The molecule has 0 bridgehead atoms. The highest BCUT2D eigenvalue weighted by atomic mass is 28.4. The molecule has 0 aliphatic carbocycles. The predicted octanol–water partition coefficient (Wildman–Crippen LogP) is 3.82. The number of hydrogen-bond acceptors (Lipinski definition) is 1. The molecule has 0 saturated carbocycles. The van der Waals surface area contributed by atoms with E-state index in [1.807, 2.05) is 36.4 Å². The Kier molecular flexibility index (Phi) is 3.68. The predicted molar refractivity (Wildman–Crippen MR) is 80.7 cm³/mol. The van der Waals surface area contributed by atoms with E-state index in [2.05, 4.69) is 43.9 Å². The van der Waals surface area contributed by atoms with Crippen molar-refractivity contribution < 1.29 is 4.43 Å². The average molecular weight is 254 g/mol. The number of rotatable bonds is 4. The fourth-order valence-corrected chi connectivity index (χ4v) is 3.70. The summed E-state index contributed by atoms with van der Waals surface area (Å²) in [5, 5.41) is 1.30. The Labute approximate surface area is 110 Å². The summed E-state index contributed by atoms with van der Waals surface area (Å²) in [6.07, 6.45) is 1.84. The van der Waals surface area contributed by atoms with Crippen LogP contribution in [0, 0.1) is 0 Å². The number of hydrogen-bond donors (Lipinski definition) is 0. The third-order valence-electron chi connectivity index (χ3n) is 2.96. The van der Waals surface area contributed by atoms with Crippen LogP contribution in [0.25, 0.3) is 6.08 Å². The SMILES string of the molecule is C=Cc1ccc(O[Si](C)(C)c2ccccc2)cc1. The second kappa shape index (κ2) is 5.23. The molecule has 2 aromatic rings. The fraction of sp³-hybridized carbons (Fsp3) is 0.125. The van der Waals surface area contributed by atoms with Crippen molar-refractivity contribution in [2.24, 2.45) is 0 Å². The maximum absolute atomic E-state index is 6.19. The maximum atomic E-state index is 6.19. The lowest BCUT2D eigenvalue weighted by atomic mass is 10.2. The van der Waals surface area contributed by atoms with Gasteiger partial charge in [0.25, 0.3) is 8.32 Å². The molecule has 2 aromatic carbocycles. The van der Waals surface area contributed by atoms with E-state index in [-0.39, 0.29) is 0 Å². The molecule has 18 heavy (non-hydrogen) atoms. The van der Waals surface area contributed by atoms with Crippen molar-refractivity contribution in [3.8, 4) is 5.75 Å². The van der Waals surface area contributed by atoms with Gasteiger partial charge in [-0.05, 0) is 36.0 Å². The smallest absolute Gasteiger partial charge is 0.276 e. The quantitative estimate of drug-likeness (QED) is 0.754. The van der Waals surface area contributed by atoms with Crippen molar-refractivity contribution in [2.75, 3.05) is 0 Å². The van der Waals surface area contributed by atoms with Gasteiger partial charge in [-0.25, -0.2) is 0 Å². The van der Waals surface area contributed by atoms with E-state index in [1.165, 1.54) is 5.19 Å². The summed E-state index contributed by atoms with van der Waals surface area (Å²) < 4.78 is 6.19. The molecule has 1 nitrogen and oxygen atoms in total. The Morgan fingerprint density at radius 1 is 0.944 bits per heavy atom. The summed E-state index contributed by atoms with van der Waals surface area (Å²) in [5.74, 6) is 0.932. The van der Waals surface area contributed by atoms with Gasteiger partial charge in [-0.2, -0.15) is 0 Å². The van der Waals surface area contributed by atoms with E-state index in [9.17, 15) is 0 Å². The van der Waals surface area contributed by atoms with Gasteiger partial charge < -0.3 is 4.43 Å². The lowest BCUT2D eigenvalue weighted by Crippen LogP contribution is -2.47. The van der Waals surface area contributed by atoms with Crippen molar-refractivity contribution in [2.45, 2.75) is 13.1 Å². The summed E-state index contributed by atoms with van der Waals surface area (Å²) in [7, 11) is -1.87. The van der Waals surface area contributed by atoms with Crippen LogP contribution in [-0.2, 0) is 0 Å². The molecule has 2 rings (SSSR count). The van der Waals surface area contributed by atoms with E-state index in [1.54, 1.807) is 0 Å². The van der Waals surface area contributed by atoms with Gasteiger partial charge in [0.2, 0.25) is 0 Å². The zero-order valence-electron chi connectivity index (χ0n) is 10.9. The van der Waals surface area contributed by atoms with Gasteiger partial charge in [-0.3, -0.25) is 0 Å². The van der Waals surface area contributed by atoms with Gasteiger partial charge in [0.15, 0.2) is 0 Å². The topological polar surface area (TPSA) is 9.23 Å². The first-order valence-electron chi connectivity index (χ1n) is 6.09. The molecule has 0 amide bonds. The summed E-state index contributed by atoms with van der Waals surface area (Å²) in [6.45, 7) is 8.17. The molecule has 0 unspecified atom stereocenters. The second-order valence-electron chi connectivity index (χ2n) is 4.75. The van der Waals surface area contributed by atoms with Crippen molar-refractivity contribution in [3.05, 3.63) is 66.7 Å². The minimum Gasteiger partial charge on any atom is -0.540 e. The molecule has 0 fully saturated rings. The van der Waals surface area contributed by atoms with Crippen LogP contribution in [0.1, 0.15) is 5.56 Å². The van der Waals surface area contributed by atoms with Crippen molar-refractivity contribution in [1.29, 1.82) is 0 Å². The molecule has 0 aliphatic rings. The Hall–Kier alpha value is -1.80. The lowest BCUT2D eigenvalue weighted by Gasteiger charge is -2.24. The van der Waals surface area contributed by atoms with E-state index in [0.29, 0.717) is 0 Å². The van der Waals surface area contributed by atoms with Crippen molar-refractivity contribution >= 4 is 19.6 Å². The van der Waals surface area contributed by atoms with Crippen molar-refractivity contribution in [3.63, 3.8) is 0 Å². The zero-order chi connectivity index (χ0) is 13.0. The van der Waals surface area contributed by atoms with Crippen LogP contribution in [0.15, 0.2) is 61.2 Å². The minimum atomic E-state index is -1.87. The molecule has 92 valence electrons. The fourth-order valence-electron chi connectivity index (χ4n) is 1.87. The molecule has 0 radical (unpaired) electrons. The molecule has 0 N–H and O–H groups in total. The molecular formula is C16H18OSi. The van der Waals surface area contributed by atoms with Crippen LogP contribution in [0.3, 0.4) is 0 Å². The first-order valence-corrected chi connectivity index (χ1v) is 9.00. The zero-order valence-corrected chi connectivity index (χ0v) is 11.9. The average Bonchev–Trinajstić information content (AvgIpc) is 2.40. The van der Waals surface area contributed by atoms with Crippen LogP contribution in [-0.4, -0.2) is 8.32 Å². The molecular weight excluding hydrogens is 236 g/mol. The van der Waals surface area contributed by atoms with Crippen LogP contribution < -0.4 is 9.61 Å². The second-order valence-corrected chi connectivity index (χ2v) is 8.55. The van der Waals surface area contributed by atoms with Gasteiger partial charge >= 0.3 is 0 Å². The largest absolute Gasteiger partial charge is 0.540 e. The normalized spacial score (nSPS) is 11.0. The van der Waals surface area contributed by atoms with Crippen molar-refractivity contribution in [1.82, 2.24) is 0 Å². The number of benzene rings is 2. The highest BCUT2D eigenvalue weighted by molar-refractivity contribution is 6.84. The van der Waals surface area contributed by atoms with Crippen LogP contribution in [0.4, 0.5) is 0 Å². The molecule has 0 atom stereocenters. The van der Waals surface area contributed by atoms with Gasteiger partial charge in [-0.1, -0.05) is 55.1 Å². The van der Waals surface area contributed by atoms with Crippen LogP contribution >= 0.6 is 0 Å². The van der Waals surface area contributed by atoms with E-state index >= 15 is 0 Å². The maximum Gasteiger partial charge on any atom is 0.276 e. The first-order chi connectivity index (χ1) is 8.62. The summed E-state index contributed by atoms with van der Waals surface area (Å²) >= 11 is 0. The third-order valence-corrected chi connectivity index (χ3v) is 5.43. The lowest BCUT2D eigenvalue weighted by molar-refractivity contribution is 0.564. The van der Waals surface area contributed by atoms with E-state index in [0.717, 1.165) is 11.3 Å². The third kappa shape index (κ3) is 2.90. The molecule has 0 aliphatic heterocycles. The minimum absolute atomic E-state index is 0.932. The highest BCUT2D eigenvalue weighted by Gasteiger charge is 2.26. The Morgan fingerprint density at radius 2 is 1.56 bits per heavy atom. The molecule has 2 heteroatoms. The first kappa shape index (κ1) is 12.6. The molecule has 0 spiro atoms. The standard InChI is InChI=1S/C16H18OSi/c1-4-14-10-12-15(13-11-14)17-18(2,3)16-8-6-5-7-9-16/h4-13H,1H2,2-3H3.